The lowest BCUT2D eigenvalue weighted by molar-refractivity contribution is 0.475. The van der Waals surface area contributed by atoms with Gasteiger partial charge in [-0.15, -0.1) is 0 Å². The highest BCUT2D eigenvalue weighted by molar-refractivity contribution is 7.81. The van der Waals surface area contributed by atoms with Crippen molar-refractivity contribution in [2.75, 3.05) is 5.73 Å². The van der Waals surface area contributed by atoms with Crippen LogP contribution in [0.1, 0.15) is 0 Å². The highest BCUT2D eigenvalue weighted by Crippen LogP contribution is 2.09. The SMILES string of the molecule is Nc1ccc(O)cc1.O=S(=O)(F)F. The van der Waals surface area contributed by atoms with E-state index in [0.29, 0.717) is 5.69 Å². The van der Waals surface area contributed by atoms with Gasteiger partial charge in [-0.1, -0.05) is 7.77 Å². The van der Waals surface area contributed by atoms with Gasteiger partial charge in [0.25, 0.3) is 0 Å². The molecule has 0 atom stereocenters. The fraction of sp³-hybridized carbons (Fsp3) is 0. The topological polar surface area (TPSA) is 80.4 Å². The van der Waals surface area contributed by atoms with E-state index in [0.717, 1.165) is 0 Å². The van der Waals surface area contributed by atoms with E-state index in [-0.39, 0.29) is 5.75 Å². The molecule has 0 aliphatic rings. The second-order valence-corrected chi connectivity index (χ2v) is 2.73. The minimum absolute atomic E-state index is 0.249. The molecule has 0 spiro atoms. The van der Waals surface area contributed by atoms with Crippen LogP contribution in [0, 0.1) is 0 Å². The molecule has 1 aromatic carbocycles. The van der Waals surface area contributed by atoms with Crippen molar-refractivity contribution in [1.82, 2.24) is 0 Å². The van der Waals surface area contributed by atoms with Crippen LogP contribution in [0.4, 0.5) is 13.5 Å². The molecule has 0 heterocycles. The molecule has 1 aromatic rings. The smallest absolute Gasteiger partial charge is 0.476 e. The van der Waals surface area contributed by atoms with E-state index in [4.69, 9.17) is 19.3 Å². The Morgan fingerprint density at radius 1 is 1.15 bits per heavy atom. The van der Waals surface area contributed by atoms with Crippen molar-refractivity contribution in [3.05, 3.63) is 24.3 Å². The Hall–Kier alpha value is -1.37. The summed E-state index contributed by atoms with van der Waals surface area (Å²) >= 11 is 0. The van der Waals surface area contributed by atoms with Gasteiger partial charge in [-0.3, -0.25) is 0 Å². The molecule has 0 saturated heterocycles. The number of nitrogens with two attached hydrogens (primary N) is 1. The molecule has 0 saturated carbocycles. The first-order valence-corrected chi connectivity index (χ1v) is 4.26. The Bertz CT molecular complexity index is 320. The summed E-state index contributed by atoms with van der Waals surface area (Å²) in [5, 5.41) is 8.70. The van der Waals surface area contributed by atoms with Crippen LogP contribution in [-0.2, 0) is 10.6 Å². The van der Waals surface area contributed by atoms with Crippen LogP contribution in [0.5, 0.6) is 5.75 Å². The predicted octanol–water partition coefficient (Wildman–Crippen LogP) is 1.14. The van der Waals surface area contributed by atoms with Gasteiger partial charge in [-0.25, -0.2) is 0 Å². The summed E-state index contributed by atoms with van der Waals surface area (Å²) in [7, 11) is -5.67. The van der Waals surface area contributed by atoms with E-state index in [9.17, 15) is 7.77 Å². The van der Waals surface area contributed by atoms with Crippen molar-refractivity contribution in [1.29, 1.82) is 0 Å². The van der Waals surface area contributed by atoms with Crippen LogP contribution >= 0.6 is 0 Å². The third kappa shape index (κ3) is 10.6. The van der Waals surface area contributed by atoms with Gasteiger partial charge in [0, 0.05) is 5.69 Å². The molecular weight excluding hydrogens is 204 g/mol. The van der Waals surface area contributed by atoms with Gasteiger partial charge in [0.15, 0.2) is 0 Å². The Morgan fingerprint density at radius 3 is 1.69 bits per heavy atom. The van der Waals surface area contributed by atoms with Gasteiger partial charge in [0.05, 0.1) is 0 Å². The Labute approximate surface area is 74.1 Å². The highest BCUT2D eigenvalue weighted by Gasteiger charge is 1.94. The van der Waals surface area contributed by atoms with Crippen LogP contribution in [0.15, 0.2) is 24.3 Å². The molecule has 0 radical (unpaired) electrons. The zero-order valence-corrected chi connectivity index (χ0v) is 7.13. The van der Waals surface area contributed by atoms with Crippen molar-refractivity contribution in [3.63, 3.8) is 0 Å². The molecule has 3 N–H and O–H groups in total. The third-order valence-electron chi connectivity index (χ3n) is 0.893. The van der Waals surface area contributed by atoms with Crippen LogP contribution in [0.3, 0.4) is 0 Å². The van der Waals surface area contributed by atoms with Gasteiger partial charge in [0.1, 0.15) is 5.75 Å². The standard InChI is InChI=1S/C6H7NO.F2O2S/c7-5-1-3-6(8)4-2-5;1-5(2,3)4/h1-4,8H,7H2;. The van der Waals surface area contributed by atoms with E-state index in [2.05, 4.69) is 0 Å². The zero-order valence-electron chi connectivity index (χ0n) is 6.31. The number of halogens is 2. The average Bonchev–Trinajstić information content (AvgIpc) is 1.92. The number of anilines is 1. The number of nitrogen functional groups attached to an aromatic ring is 1. The number of hydrogen-bond acceptors (Lipinski definition) is 4. The van der Waals surface area contributed by atoms with Crippen molar-refractivity contribution in [3.8, 4) is 5.75 Å². The summed E-state index contributed by atoms with van der Waals surface area (Å²) < 4.78 is 36.6. The molecule has 13 heavy (non-hydrogen) atoms. The van der Waals surface area contributed by atoms with E-state index in [1.54, 1.807) is 24.3 Å². The van der Waals surface area contributed by atoms with Gasteiger partial charge in [-0.05, 0) is 24.3 Å². The van der Waals surface area contributed by atoms with Crippen LogP contribution in [0.2, 0.25) is 0 Å². The van der Waals surface area contributed by atoms with E-state index >= 15 is 0 Å². The molecule has 0 unspecified atom stereocenters. The maximum Gasteiger partial charge on any atom is 0.476 e. The maximum atomic E-state index is 9.99. The molecule has 0 aliphatic heterocycles. The summed E-state index contributed by atoms with van der Waals surface area (Å²) in [6.45, 7) is 0. The molecule has 0 bridgehead atoms. The third-order valence-corrected chi connectivity index (χ3v) is 0.893. The molecule has 4 nitrogen and oxygen atoms in total. The molecule has 0 fully saturated rings. The monoisotopic (exact) mass is 211 g/mol. The number of rotatable bonds is 0. The van der Waals surface area contributed by atoms with Gasteiger partial charge in [0.2, 0.25) is 0 Å². The lowest BCUT2D eigenvalue weighted by Gasteiger charge is -1.89. The predicted molar refractivity (Wildman–Crippen MR) is 43.7 cm³/mol. The van der Waals surface area contributed by atoms with Gasteiger partial charge < -0.3 is 10.8 Å². The van der Waals surface area contributed by atoms with Crippen LogP contribution < -0.4 is 5.73 Å². The van der Waals surface area contributed by atoms with Crippen LogP contribution in [-0.4, -0.2) is 13.5 Å². The summed E-state index contributed by atoms with van der Waals surface area (Å²) in [6, 6.07) is 6.40. The molecule has 0 aliphatic carbocycles. The summed E-state index contributed by atoms with van der Waals surface area (Å²) in [4.78, 5) is 0. The molecule has 0 amide bonds. The van der Waals surface area contributed by atoms with E-state index in [1.165, 1.54) is 0 Å². The average molecular weight is 211 g/mol. The van der Waals surface area contributed by atoms with Crippen molar-refractivity contribution < 1.29 is 21.3 Å². The summed E-state index contributed by atoms with van der Waals surface area (Å²) in [6.07, 6.45) is 0. The number of phenols is 1. The quantitative estimate of drug-likeness (QED) is 0.383. The lowest BCUT2D eigenvalue weighted by Crippen LogP contribution is -1.80. The van der Waals surface area contributed by atoms with E-state index < -0.39 is 10.6 Å². The first-order chi connectivity index (χ1) is 5.79. The number of hydrogen-bond donors (Lipinski definition) is 2. The molecule has 7 heteroatoms. The minimum atomic E-state index is -5.67. The fourth-order valence-corrected chi connectivity index (χ4v) is 0.474. The van der Waals surface area contributed by atoms with Gasteiger partial charge in [-0.2, -0.15) is 8.42 Å². The summed E-state index contributed by atoms with van der Waals surface area (Å²) in [5.41, 5.74) is 5.98. The molecular formula is C6H7F2NO3S. The summed E-state index contributed by atoms with van der Waals surface area (Å²) in [5.74, 6) is 0.249. The van der Waals surface area contributed by atoms with Crippen molar-refractivity contribution >= 4 is 16.3 Å². The maximum absolute atomic E-state index is 9.99. The van der Waals surface area contributed by atoms with Crippen molar-refractivity contribution in [2.45, 2.75) is 0 Å². The lowest BCUT2D eigenvalue weighted by atomic mass is 10.3. The van der Waals surface area contributed by atoms with E-state index in [1.807, 2.05) is 0 Å². The largest absolute Gasteiger partial charge is 0.508 e. The molecule has 1 rings (SSSR count). The highest BCUT2D eigenvalue weighted by atomic mass is 32.3. The number of phenolic OH excluding ortho intramolecular Hbond substituents is 1. The first kappa shape index (κ1) is 11.6. The van der Waals surface area contributed by atoms with Crippen molar-refractivity contribution in [2.24, 2.45) is 0 Å². The minimum Gasteiger partial charge on any atom is -0.508 e. The number of aromatic hydroxyl groups is 1. The molecule has 74 valence electrons. The number of benzene rings is 1. The Morgan fingerprint density at radius 2 is 1.46 bits per heavy atom. The first-order valence-electron chi connectivity index (χ1n) is 2.98. The second-order valence-electron chi connectivity index (χ2n) is 1.97. The second kappa shape index (κ2) is 4.61. The van der Waals surface area contributed by atoms with Gasteiger partial charge >= 0.3 is 10.6 Å². The van der Waals surface area contributed by atoms with Crippen LogP contribution in [0.25, 0.3) is 0 Å². The zero-order chi connectivity index (χ0) is 10.5. The Balaban J connectivity index is 0.000000252. The molecule has 0 aromatic heterocycles. The Kier molecular flexibility index (Phi) is 4.12. The normalized spacial score (nSPS) is 10.0. The fourth-order valence-electron chi connectivity index (χ4n) is 0.474.